The van der Waals surface area contributed by atoms with Crippen molar-refractivity contribution in [1.29, 1.82) is 0 Å². The van der Waals surface area contributed by atoms with Gasteiger partial charge in [-0.1, -0.05) is 0 Å². The first-order valence-corrected chi connectivity index (χ1v) is 8.99. The van der Waals surface area contributed by atoms with Crippen molar-refractivity contribution in [2.24, 2.45) is 4.99 Å². The lowest BCUT2D eigenvalue weighted by molar-refractivity contribution is 0.770. The number of nitrogens with zero attached hydrogens (tertiary/aromatic N) is 3. The number of aromatic amines is 1. The molecule has 0 aromatic carbocycles. The fourth-order valence-electron chi connectivity index (χ4n) is 2.26. The molecule has 0 radical (unpaired) electrons. The van der Waals surface area contributed by atoms with Crippen molar-refractivity contribution in [1.82, 2.24) is 25.8 Å². The number of halogens is 1. The molecule has 2 rings (SSSR count). The highest BCUT2D eigenvalue weighted by Crippen LogP contribution is 2.08. The van der Waals surface area contributed by atoms with Gasteiger partial charge in [0.25, 0.3) is 0 Å². The molecule has 0 aliphatic rings. The zero-order valence-corrected chi connectivity index (χ0v) is 17.7. The molecule has 0 aliphatic carbocycles. The molecule has 2 aromatic rings. The summed E-state index contributed by atoms with van der Waals surface area (Å²) in [5.74, 6) is 0.878. The van der Waals surface area contributed by atoms with Crippen molar-refractivity contribution in [2.75, 3.05) is 19.6 Å². The van der Waals surface area contributed by atoms with E-state index in [1.807, 2.05) is 13.1 Å². The van der Waals surface area contributed by atoms with Crippen molar-refractivity contribution in [3.05, 3.63) is 33.5 Å². The molecule has 0 saturated heterocycles. The fraction of sp³-hybridized carbons (Fsp3) is 0.562. The van der Waals surface area contributed by atoms with Crippen LogP contribution in [0.4, 0.5) is 0 Å². The third-order valence-electron chi connectivity index (χ3n) is 3.49. The molecule has 0 atom stereocenters. The van der Waals surface area contributed by atoms with Crippen LogP contribution in [-0.2, 0) is 12.8 Å². The molecule has 8 heteroatoms. The number of nitrogens with one attached hydrogen (secondary N) is 3. The third kappa shape index (κ3) is 7.16. The molecular weight excluding hydrogens is 435 g/mol. The molecule has 0 spiro atoms. The van der Waals surface area contributed by atoms with E-state index in [4.69, 9.17) is 0 Å². The summed E-state index contributed by atoms with van der Waals surface area (Å²) >= 11 is 1.70. The van der Waals surface area contributed by atoms with Gasteiger partial charge in [-0.2, -0.15) is 5.10 Å². The number of hydrogen-bond acceptors (Lipinski definition) is 4. The van der Waals surface area contributed by atoms with E-state index in [0.717, 1.165) is 61.3 Å². The summed E-state index contributed by atoms with van der Waals surface area (Å²) in [5.41, 5.74) is 3.57. The second kappa shape index (κ2) is 11.4. The largest absolute Gasteiger partial charge is 0.357 e. The van der Waals surface area contributed by atoms with E-state index in [2.05, 4.69) is 50.0 Å². The van der Waals surface area contributed by atoms with Crippen molar-refractivity contribution in [3.63, 3.8) is 0 Å². The van der Waals surface area contributed by atoms with E-state index in [-0.39, 0.29) is 24.0 Å². The zero-order chi connectivity index (χ0) is 16.5. The van der Waals surface area contributed by atoms with E-state index in [0.29, 0.717) is 0 Å². The Labute approximate surface area is 165 Å². The van der Waals surface area contributed by atoms with Gasteiger partial charge in [0.05, 0.1) is 16.9 Å². The highest BCUT2D eigenvalue weighted by molar-refractivity contribution is 14.0. The Morgan fingerprint density at radius 1 is 1.29 bits per heavy atom. The average molecular weight is 462 g/mol. The second-order valence-corrected chi connectivity index (χ2v) is 6.48. The quantitative estimate of drug-likeness (QED) is 0.244. The number of aryl methyl sites for hydroxylation is 3. The maximum atomic E-state index is 4.62. The summed E-state index contributed by atoms with van der Waals surface area (Å²) in [6.45, 7) is 8.68. The SMILES string of the molecule is CCNC(=NCCCc1cn[nH]c1C)NCCc1csc(C)n1.I. The Hall–Kier alpha value is -1.16. The van der Waals surface area contributed by atoms with E-state index in [1.54, 1.807) is 11.3 Å². The van der Waals surface area contributed by atoms with Crippen LogP contribution in [0.2, 0.25) is 0 Å². The van der Waals surface area contributed by atoms with E-state index >= 15 is 0 Å². The molecule has 3 N–H and O–H groups in total. The van der Waals surface area contributed by atoms with E-state index < -0.39 is 0 Å². The van der Waals surface area contributed by atoms with Gasteiger partial charge in [-0.25, -0.2) is 4.98 Å². The van der Waals surface area contributed by atoms with Crippen LogP contribution >= 0.6 is 35.3 Å². The van der Waals surface area contributed by atoms with Gasteiger partial charge in [0.2, 0.25) is 0 Å². The monoisotopic (exact) mass is 462 g/mol. The molecule has 6 nitrogen and oxygen atoms in total. The minimum atomic E-state index is 0. The van der Waals surface area contributed by atoms with Crippen molar-refractivity contribution in [2.45, 2.75) is 40.0 Å². The minimum Gasteiger partial charge on any atom is -0.357 e. The number of H-pyrrole nitrogens is 1. The summed E-state index contributed by atoms with van der Waals surface area (Å²) in [5, 5.41) is 16.9. The Morgan fingerprint density at radius 2 is 2.12 bits per heavy atom. The van der Waals surface area contributed by atoms with Crippen LogP contribution in [0.25, 0.3) is 0 Å². The Kier molecular flexibility index (Phi) is 9.92. The van der Waals surface area contributed by atoms with Gasteiger partial charge >= 0.3 is 0 Å². The number of aromatic nitrogens is 3. The van der Waals surface area contributed by atoms with Gasteiger partial charge in [0, 0.05) is 37.1 Å². The molecule has 2 aromatic heterocycles. The topological polar surface area (TPSA) is 78.0 Å². The molecule has 0 unspecified atom stereocenters. The van der Waals surface area contributed by atoms with E-state index in [1.165, 1.54) is 5.56 Å². The first kappa shape index (κ1) is 20.9. The molecule has 24 heavy (non-hydrogen) atoms. The smallest absolute Gasteiger partial charge is 0.191 e. The van der Waals surface area contributed by atoms with Crippen LogP contribution < -0.4 is 10.6 Å². The number of hydrogen-bond donors (Lipinski definition) is 3. The number of aliphatic imine (C=N–C) groups is 1. The maximum Gasteiger partial charge on any atom is 0.191 e. The first-order chi connectivity index (χ1) is 11.2. The normalized spacial score (nSPS) is 11.2. The Bertz CT molecular complexity index is 622. The summed E-state index contributed by atoms with van der Waals surface area (Å²) in [6, 6.07) is 0. The first-order valence-electron chi connectivity index (χ1n) is 8.11. The lowest BCUT2D eigenvalue weighted by Gasteiger charge is -2.10. The summed E-state index contributed by atoms with van der Waals surface area (Å²) in [4.78, 5) is 9.10. The van der Waals surface area contributed by atoms with Gasteiger partial charge < -0.3 is 10.6 Å². The predicted octanol–water partition coefficient (Wildman–Crippen LogP) is 2.83. The standard InChI is InChI=1S/C16H26N6S.HI/c1-4-17-16(19-9-7-15-11-23-13(3)21-15)18-8-5-6-14-10-20-22-12(14)2;/h10-11H,4-9H2,1-3H3,(H,20,22)(H2,17,18,19);1H. The minimum absolute atomic E-state index is 0. The molecular formula is C16H27IN6S. The van der Waals surface area contributed by atoms with Crippen LogP contribution in [-0.4, -0.2) is 40.8 Å². The molecule has 0 fully saturated rings. The highest BCUT2D eigenvalue weighted by Gasteiger charge is 2.02. The van der Waals surface area contributed by atoms with Crippen LogP contribution in [0.15, 0.2) is 16.6 Å². The van der Waals surface area contributed by atoms with Crippen molar-refractivity contribution >= 4 is 41.3 Å². The molecule has 0 bridgehead atoms. The third-order valence-corrected chi connectivity index (χ3v) is 4.32. The fourth-order valence-corrected chi connectivity index (χ4v) is 2.91. The lowest BCUT2D eigenvalue weighted by atomic mass is 10.1. The summed E-state index contributed by atoms with van der Waals surface area (Å²) in [6.07, 6.45) is 4.84. The second-order valence-electron chi connectivity index (χ2n) is 5.42. The molecule has 0 saturated carbocycles. The maximum absolute atomic E-state index is 4.62. The van der Waals surface area contributed by atoms with Gasteiger partial charge in [0.1, 0.15) is 0 Å². The van der Waals surface area contributed by atoms with Gasteiger partial charge in [-0.05, 0) is 39.2 Å². The molecule has 0 amide bonds. The molecule has 2 heterocycles. The Balaban J connectivity index is 0.00000288. The van der Waals surface area contributed by atoms with Crippen LogP contribution in [0.3, 0.4) is 0 Å². The zero-order valence-electron chi connectivity index (χ0n) is 14.6. The van der Waals surface area contributed by atoms with Gasteiger partial charge in [-0.3, -0.25) is 10.1 Å². The average Bonchev–Trinajstić information content (AvgIpc) is 3.12. The van der Waals surface area contributed by atoms with Crippen LogP contribution in [0, 0.1) is 13.8 Å². The lowest BCUT2D eigenvalue weighted by Crippen LogP contribution is -2.38. The number of thiazole rings is 1. The number of guanidine groups is 1. The summed E-state index contributed by atoms with van der Waals surface area (Å²) in [7, 11) is 0. The molecule has 134 valence electrons. The molecule has 0 aliphatic heterocycles. The predicted molar refractivity (Wildman–Crippen MR) is 112 cm³/mol. The highest BCUT2D eigenvalue weighted by atomic mass is 127. The van der Waals surface area contributed by atoms with Gasteiger partial charge in [-0.15, -0.1) is 35.3 Å². The van der Waals surface area contributed by atoms with E-state index in [9.17, 15) is 0 Å². The van der Waals surface area contributed by atoms with Crippen molar-refractivity contribution in [3.8, 4) is 0 Å². The summed E-state index contributed by atoms with van der Waals surface area (Å²) < 4.78 is 0. The number of rotatable bonds is 8. The Morgan fingerprint density at radius 3 is 2.75 bits per heavy atom. The van der Waals surface area contributed by atoms with Crippen LogP contribution in [0.1, 0.15) is 35.3 Å². The van der Waals surface area contributed by atoms with Crippen LogP contribution in [0.5, 0.6) is 0 Å². The van der Waals surface area contributed by atoms with Gasteiger partial charge in [0.15, 0.2) is 5.96 Å². The van der Waals surface area contributed by atoms with Crippen molar-refractivity contribution < 1.29 is 0 Å².